The predicted molar refractivity (Wildman–Crippen MR) is 260 cm³/mol. The van der Waals surface area contributed by atoms with Crippen LogP contribution in [-0.4, -0.2) is 23.9 Å². The first kappa shape index (κ1) is 50.1. The average molecular weight is 879 g/mol. The van der Waals surface area contributed by atoms with Crippen LogP contribution in [0.3, 0.4) is 0 Å². The van der Waals surface area contributed by atoms with Gasteiger partial charge in [-0.05, 0) is 176 Å². The molecule has 4 spiro atoms. The first-order valence-electron chi connectivity index (χ1n) is 29.0. The van der Waals surface area contributed by atoms with Crippen LogP contribution in [0.25, 0.3) is 0 Å². The Morgan fingerprint density at radius 3 is 0.905 bits per heavy atom. The van der Waals surface area contributed by atoms with E-state index in [1.807, 2.05) is 0 Å². The van der Waals surface area contributed by atoms with Crippen LogP contribution >= 0.6 is 0 Å². The molecule has 2 nitrogen and oxygen atoms in total. The molecule has 4 heteroatoms. The van der Waals surface area contributed by atoms with Crippen LogP contribution in [-0.2, 0) is 9.59 Å². The second kappa shape index (κ2) is 23.0. The molecular weight excluding hydrogens is 779 g/mol. The van der Waals surface area contributed by atoms with Gasteiger partial charge in [0.15, 0.2) is 11.6 Å². The van der Waals surface area contributed by atoms with E-state index in [1.165, 1.54) is 148 Å². The van der Waals surface area contributed by atoms with Crippen molar-refractivity contribution in [3.63, 3.8) is 0 Å². The van der Waals surface area contributed by atoms with Gasteiger partial charge in [-0.2, -0.15) is 0 Å². The van der Waals surface area contributed by atoms with E-state index in [2.05, 4.69) is 27.7 Å². The van der Waals surface area contributed by atoms with E-state index in [0.717, 1.165) is 150 Å². The molecular formula is C59H100F2O2. The SMILES string of the molecule is CCCCCC1CCC2(CC1)C(=O)C1(CCC(C3CCC(CCCC)CC3)CC1)[C@@H]2F.CCCCCCC1CCC2(CC1)C(=O)C1(CCC(C3CCC(CCCC)CC3)CC1)[C@@H]2F. The Labute approximate surface area is 388 Å². The molecule has 0 saturated heterocycles. The Hall–Kier alpha value is -0.800. The van der Waals surface area contributed by atoms with Gasteiger partial charge < -0.3 is 0 Å². The van der Waals surface area contributed by atoms with Crippen LogP contribution in [0.2, 0.25) is 0 Å². The summed E-state index contributed by atoms with van der Waals surface area (Å²) in [5, 5.41) is 0. The molecule has 8 saturated carbocycles. The zero-order chi connectivity index (χ0) is 44.5. The van der Waals surface area contributed by atoms with E-state index in [4.69, 9.17) is 0 Å². The van der Waals surface area contributed by atoms with Crippen molar-refractivity contribution in [1.82, 2.24) is 0 Å². The molecule has 0 heterocycles. The third kappa shape index (κ3) is 10.6. The Morgan fingerprint density at radius 1 is 0.333 bits per heavy atom. The molecule has 63 heavy (non-hydrogen) atoms. The summed E-state index contributed by atoms with van der Waals surface area (Å²) < 4.78 is 31.6. The maximum Gasteiger partial charge on any atom is 0.151 e. The summed E-state index contributed by atoms with van der Waals surface area (Å²) in [7, 11) is 0. The van der Waals surface area contributed by atoms with Gasteiger partial charge in [-0.15, -0.1) is 0 Å². The standard InChI is InChI=1S/C30H51FO.C29H49FO/c1-3-5-7-8-10-24-15-19-29(20-16-24)27(31)30(28(29)32)21-17-26(18-22-30)25-13-11-23(12-14-25)9-6-4-2;1-3-5-7-9-23-14-18-28(19-15-23)26(30)29(27(28)31)20-16-25(17-21-29)24-12-10-22(11-13-24)8-6-4-2/h23-27H,3-22H2,1-2H3;22-26H,3-21H2,1-2H3/t23?,24?,25?,26?,27-,29?,30?;22?,23?,24?,25?,26-,28?,29?/m11/s1. The van der Waals surface area contributed by atoms with Gasteiger partial charge in [0.05, 0.1) is 21.7 Å². The lowest BCUT2D eigenvalue weighted by Gasteiger charge is -2.61. The molecule has 0 amide bonds. The summed E-state index contributed by atoms with van der Waals surface area (Å²) in [6.07, 6.45) is 45.3. The van der Waals surface area contributed by atoms with Crippen LogP contribution in [0.5, 0.6) is 0 Å². The van der Waals surface area contributed by atoms with E-state index < -0.39 is 34.0 Å². The Kier molecular flexibility index (Phi) is 18.3. The number of alkyl halides is 2. The molecule has 0 aromatic heterocycles. The van der Waals surface area contributed by atoms with Crippen molar-refractivity contribution < 1.29 is 18.4 Å². The quantitative estimate of drug-likeness (QED) is 0.136. The van der Waals surface area contributed by atoms with Crippen molar-refractivity contribution in [3.05, 3.63) is 0 Å². The number of hydrogen-bond acceptors (Lipinski definition) is 2. The smallest absolute Gasteiger partial charge is 0.151 e. The van der Waals surface area contributed by atoms with Crippen LogP contribution in [0.4, 0.5) is 8.78 Å². The van der Waals surface area contributed by atoms with E-state index in [0.29, 0.717) is 11.6 Å². The number of carbonyl (C=O) groups is 2. The maximum atomic E-state index is 15.8. The molecule has 0 aromatic carbocycles. The van der Waals surface area contributed by atoms with Crippen molar-refractivity contribution in [3.8, 4) is 0 Å². The van der Waals surface area contributed by atoms with Gasteiger partial charge in [0.1, 0.15) is 12.3 Å². The van der Waals surface area contributed by atoms with Crippen molar-refractivity contribution in [1.29, 1.82) is 0 Å². The van der Waals surface area contributed by atoms with Crippen molar-refractivity contribution in [2.75, 3.05) is 0 Å². The molecule has 8 fully saturated rings. The second-order valence-electron chi connectivity index (χ2n) is 24.8. The highest BCUT2D eigenvalue weighted by Gasteiger charge is 2.73. The fourth-order valence-electron chi connectivity index (χ4n) is 16.9. The van der Waals surface area contributed by atoms with E-state index in [1.54, 1.807) is 0 Å². The topological polar surface area (TPSA) is 34.1 Å². The van der Waals surface area contributed by atoms with Crippen molar-refractivity contribution in [2.24, 2.45) is 69.0 Å². The Bertz CT molecular complexity index is 1370. The number of halogens is 2. The fraction of sp³-hybridized carbons (Fsp3) is 0.966. The summed E-state index contributed by atoms with van der Waals surface area (Å²) in [6, 6.07) is 0. The van der Waals surface area contributed by atoms with Gasteiger partial charge >= 0.3 is 0 Å². The highest BCUT2D eigenvalue weighted by molar-refractivity contribution is 5.99. The van der Waals surface area contributed by atoms with Crippen molar-refractivity contribution in [2.45, 2.75) is 290 Å². The molecule has 8 aliphatic rings. The minimum atomic E-state index is -0.839. The number of hydrogen-bond donors (Lipinski definition) is 0. The van der Waals surface area contributed by atoms with E-state index in [-0.39, 0.29) is 0 Å². The van der Waals surface area contributed by atoms with Gasteiger partial charge in [0, 0.05) is 0 Å². The molecule has 8 rings (SSSR count). The molecule has 0 N–H and O–H groups in total. The van der Waals surface area contributed by atoms with E-state index in [9.17, 15) is 9.59 Å². The minimum absolute atomic E-state index is 0.362. The summed E-state index contributed by atoms with van der Waals surface area (Å²) >= 11 is 0. The Morgan fingerprint density at radius 2 is 0.587 bits per heavy atom. The number of carbonyl (C=O) groups excluding carboxylic acids is 2. The fourth-order valence-corrected chi connectivity index (χ4v) is 16.9. The lowest BCUT2D eigenvalue weighted by atomic mass is 9.41. The van der Waals surface area contributed by atoms with Crippen LogP contribution < -0.4 is 0 Å². The lowest BCUT2D eigenvalue weighted by molar-refractivity contribution is -0.194. The van der Waals surface area contributed by atoms with Gasteiger partial charge in [0.25, 0.3) is 0 Å². The highest BCUT2D eigenvalue weighted by Crippen LogP contribution is 2.68. The van der Waals surface area contributed by atoms with Crippen molar-refractivity contribution >= 4 is 11.6 Å². The average Bonchev–Trinajstić information content (AvgIpc) is 3.34. The molecule has 0 bridgehead atoms. The van der Waals surface area contributed by atoms with Gasteiger partial charge in [-0.25, -0.2) is 8.78 Å². The molecule has 362 valence electrons. The maximum absolute atomic E-state index is 15.8. The summed E-state index contributed by atoms with van der Waals surface area (Å²) in [6.45, 7) is 9.11. The van der Waals surface area contributed by atoms with Gasteiger partial charge in [-0.3, -0.25) is 9.59 Å². The monoisotopic (exact) mass is 879 g/mol. The number of unbranched alkanes of at least 4 members (excludes halogenated alkanes) is 7. The van der Waals surface area contributed by atoms with Gasteiger partial charge in [-0.1, -0.05) is 150 Å². The van der Waals surface area contributed by atoms with Crippen LogP contribution in [0.1, 0.15) is 278 Å². The Balaban J connectivity index is 0.000000189. The molecule has 0 aromatic rings. The van der Waals surface area contributed by atoms with E-state index >= 15 is 8.78 Å². The lowest BCUT2D eigenvalue weighted by Crippen LogP contribution is -2.69. The molecule has 0 aliphatic heterocycles. The summed E-state index contributed by atoms with van der Waals surface area (Å²) in [4.78, 5) is 27.0. The second-order valence-corrected chi connectivity index (χ2v) is 24.8. The molecule has 8 aliphatic carbocycles. The zero-order valence-corrected chi connectivity index (χ0v) is 41.9. The number of Topliss-reactive ketones (excluding diaryl/α,β-unsaturated/α-hetero) is 2. The third-order valence-corrected chi connectivity index (χ3v) is 21.3. The summed E-state index contributed by atoms with van der Waals surface area (Å²) in [5.41, 5.74) is -2.26. The minimum Gasteiger partial charge on any atom is -0.298 e. The first-order chi connectivity index (χ1) is 30.6. The zero-order valence-electron chi connectivity index (χ0n) is 41.9. The van der Waals surface area contributed by atoms with Crippen LogP contribution in [0, 0.1) is 69.0 Å². The number of ketones is 2. The first-order valence-corrected chi connectivity index (χ1v) is 29.0. The number of rotatable bonds is 17. The molecule has 0 radical (unpaired) electrons. The normalized spacial score (nSPS) is 42.8. The van der Waals surface area contributed by atoms with Gasteiger partial charge in [0.2, 0.25) is 0 Å². The molecule has 0 unspecified atom stereocenters. The predicted octanol–water partition coefficient (Wildman–Crippen LogP) is 18.1. The van der Waals surface area contributed by atoms with Crippen LogP contribution in [0.15, 0.2) is 0 Å². The molecule has 2 atom stereocenters. The third-order valence-electron chi connectivity index (χ3n) is 21.3. The summed E-state index contributed by atoms with van der Waals surface area (Å²) in [5.74, 6) is 7.40. The largest absolute Gasteiger partial charge is 0.298 e. The highest BCUT2D eigenvalue weighted by atomic mass is 19.1.